The summed E-state index contributed by atoms with van der Waals surface area (Å²) in [6, 6.07) is 11.1. The first-order chi connectivity index (χ1) is 11.6. The second kappa shape index (κ2) is 9.95. The van der Waals surface area contributed by atoms with Crippen LogP contribution in [0.1, 0.15) is 28.1 Å². The average Bonchev–Trinajstić information content (AvgIpc) is 3.11. The van der Waals surface area contributed by atoms with E-state index in [2.05, 4.69) is 5.32 Å². The zero-order valence-corrected chi connectivity index (χ0v) is 14.6. The van der Waals surface area contributed by atoms with Crippen molar-refractivity contribution in [2.75, 3.05) is 13.3 Å². The SMILES string of the molecule is O=C(NCCCCc1ccc(Cl)cc1)OCOC(=O)c1cccs1. The summed E-state index contributed by atoms with van der Waals surface area (Å²) in [4.78, 5) is 23.4. The second-order valence-electron chi connectivity index (χ2n) is 4.97. The van der Waals surface area contributed by atoms with Crippen molar-refractivity contribution in [3.63, 3.8) is 0 Å². The molecule has 24 heavy (non-hydrogen) atoms. The number of thiophene rings is 1. The normalized spacial score (nSPS) is 10.2. The highest BCUT2D eigenvalue weighted by atomic mass is 35.5. The highest BCUT2D eigenvalue weighted by Crippen LogP contribution is 2.11. The first-order valence-electron chi connectivity index (χ1n) is 7.51. The third-order valence-electron chi connectivity index (χ3n) is 3.18. The number of nitrogens with one attached hydrogen (secondary N) is 1. The van der Waals surface area contributed by atoms with Gasteiger partial charge in [0, 0.05) is 11.6 Å². The van der Waals surface area contributed by atoms with Crippen LogP contribution in [-0.2, 0) is 15.9 Å². The Balaban J connectivity index is 1.50. The lowest BCUT2D eigenvalue weighted by atomic mass is 10.1. The van der Waals surface area contributed by atoms with Crippen LogP contribution in [0.15, 0.2) is 41.8 Å². The number of hydrogen-bond donors (Lipinski definition) is 1. The van der Waals surface area contributed by atoms with Crippen molar-refractivity contribution in [2.24, 2.45) is 0 Å². The summed E-state index contributed by atoms with van der Waals surface area (Å²) in [5.41, 5.74) is 1.21. The van der Waals surface area contributed by atoms with Crippen LogP contribution < -0.4 is 5.32 Å². The molecule has 1 amide bonds. The zero-order valence-electron chi connectivity index (χ0n) is 13.0. The van der Waals surface area contributed by atoms with Gasteiger partial charge in [0.2, 0.25) is 6.79 Å². The Morgan fingerprint density at radius 1 is 1.08 bits per heavy atom. The number of ether oxygens (including phenoxy) is 2. The van der Waals surface area contributed by atoms with Gasteiger partial charge in [-0.1, -0.05) is 29.8 Å². The van der Waals surface area contributed by atoms with Crippen molar-refractivity contribution in [3.05, 3.63) is 57.2 Å². The van der Waals surface area contributed by atoms with E-state index in [0.29, 0.717) is 11.4 Å². The Hall–Kier alpha value is -2.05. The van der Waals surface area contributed by atoms with Crippen molar-refractivity contribution in [1.82, 2.24) is 5.32 Å². The molecule has 0 saturated carbocycles. The number of esters is 1. The molecular formula is C17H18ClNO4S. The van der Waals surface area contributed by atoms with Gasteiger partial charge in [-0.2, -0.15) is 0 Å². The smallest absolute Gasteiger partial charge is 0.410 e. The Morgan fingerprint density at radius 3 is 2.58 bits per heavy atom. The maximum Gasteiger partial charge on any atom is 0.410 e. The van der Waals surface area contributed by atoms with Crippen molar-refractivity contribution in [2.45, 2.75) is 19.3 Å². The van der Waals surface area contributed by atoms with Gasteiger partial charge in [-0.05, 0) is 48.4 Å². The summed E-state index contributed by atoms with van der Waals surface area (Å²) in [6.07, 6.45) is 2.09. The van der Waals surface area contributed by atoms with E-state index in [1.807, 2.05) is 24.3 Å². The molecule has 0 aliphatic carbocycles. The summed E-state index contributed by atoms with van der Waals surface area (Å²) in [5.74, 6) is -0.499. The predicted molar refractivity (Wildman–Crippen MR) is 93.5 cm³/mol. The molecule has 0 unspecified atom stereocenters. The minimum absolute atomic E-state index is 0.395. The molecule has 2 rings (SSSR count). The van der Waals surface area contributed by atoms with E-state index in [4.69, 9.17) is 21.1 Å². The lowest BCUT2D eigenvalue weighted by molar-refractivity contribution is -0.00181. The van der Waals surface area contributed by atoms with Gasteiger partial charge in [-0.25, -0.2) is 9.59 Å². The Kier molecular flexibility index (Phi) is 7.58. The summed E-state index contributed by atoms with van der Waals surface area (Å²) in [5, 5.41) is 5.11. The van der Waals surface area contributed by atoms with E-state index in [0.717, 1.165) is 24.3 Å². The molecule has 7 heteroatoms. The van der Waals surface area contributed by atoms with E-state index in [1.54, 1.807) is 17.5 Å². The third kappa shape index (κ3) is 6.60. The number of amides is 1. The number of rotatable bonds is 8. The first-order valence-corrected chi connectivity index (χ1v) is 8.76. The van der Waals surface area contributed by atoms with Crippen LogP contribution >= 0.6 is 22.9 Å². The van der Waals surface area contributed by atoms with Gasteiger partial charge in [-0.3, -0.25) is 0 Å². The minimum Gasteiger partial charge on any atom is -0.424 e. The third-order valence-corrected chi connectivity index (χ3v) is 4.28. The van der Waals surface area contributed by atoms with Crippen molar-refractivity contribution in [3.8, 4) is 0 Å². The highest BCUT2D eigenvalue weighted by molar-refractivity contribution is 7.11. The fourth-order valence-electron chi connectivity index (χ4n) is 1.95. The molecule has 1 aromatic heterocycles. The number of aryl methyl sites for hydroxylation is 1. The topological polar surface area (TPSA) is 64.6 Å². The molecule has 0 aliphatic heterocycles. The van der Waals surface area contributed by atoms with E-state index < -0.39 is 18.9 Å². The first kappa shape index (κ1) is 18.3. The van der Waals surface area contributed by atoms with Crippen LogP contribution in [0, 0.1) is 0 Å². The van der Waals surface area contributed by atoms with E-state index in [1.165, 1.54) is 16.9 Å². The van der Waals surface area contributed by atoms with Crippen LogP contribution in [0.3, 0.4) is 0 Å². The zero-order chi connectivity index (χ0) is 17.2. The van der Waals surface area contributed by atoms with E-state index in [9.17, 15) is 9.59 Å². The molecule has 0 saturated heterocycles. The molecule has 0 atom stereocenters. The number of alkyl carbamates (subject to hydrolysis) is 1. The number of benzene rings is 1. The average molecular weight is 368 g/mol. The summed E-state index contributed by atoms with van der Waals surface area (Å²) in [7, 11) is 0. The minimum atomic E-state index is -0.597. The standard InChI is InChI=1S/C17H18ClNO4S/c18-14-8-6-13(7-9-14)4-1-2-10-19-17(21)23-12-22-16(20)15-5-3-11-24-15/h3,5-9,11H,1-2,4,10,12H2,(H,19,21). The van der Waals surface area contributed by atoms with Gasteiger partial charge in [0.05, 0.1) is 0 Å². The summed E-state index contributed by atoms with van der Waals surface area (Å²) < 4.78 is 9.62. The molecule has 5 nitrogen and oxygen atoms in total. The molecule has 0 radical (unpaired) electrons. The van der Waals surface area contributed by atoms with E-state index in [-0.39, 0.29) is 0 Å². The Bertz CT molecular complexity index is 643. The van der Waals surface area contributed by atoms with Crippen LogP contribution in [0.25, 0.3) is 0 Å². The molecule has 0 aliphatic rings. The van der Waals surface area contributed by atoms with Crippen molar-refractivity contribution in [1.29, 1.82) is 0 Å². The van der Waals surface area contributed by atoms with Crippen molar-refractivity contribution >= 4 is 35.0 Å². The number of halogens is 1. The van der Waals surface area contributed by atoms with Crippen LogP contribution in [0.5, 0.6) is 0 Å². The molecule has 0 fully saturated rings. The monoisotopic (exact) mass is 367 g/mol. The fraction of sp³-hybridized carbons (Fsp3) is 0.294. The van der Waals surface area contributed by atoms with Gasteiger partial charge in [-0.15, -0.1) is 11.3 Å². The fourth-order valence-corrected chi connectivity index (χ4v) is 2.69. The maximum atomic E-state index is 11.5. The number of unbranched alkanes of at least 4 members (excludes halogenated alkanes) is 1. The molecular weight excluding hydrogens is 350 g/mol. The number of carbonyl (C=O) groups excluding carboxylic acids is 2. The van der Waals surface area contributed by atoms with Crippen LogP contribution in [-0.4, -0.2) is 25.4 Å². The second-order valence-corrected chi connectivity index (χ2v) is 6.35. The molecule has 0 spiro atoms. The lowest BCUT2D eigenvalue weighted by Gasteiger charge is -2.07. The largest absolute Gasteiger partial charge is 0.424 e. The highest BCUT2D eigenvalue weighted by Gasteiger charge is 2.09. The van der Waals surface area contributed by atoms with Crippen LogP contribution in [0.4, 0.5) is 4.79 Å². The molecule has 128 valence electrons. The van der Waals surface area contributed by atoms with Gasteiger partial charge < -0.3 is 14.8 Å². The van der Waals surface area contributed by atoms with Gasteiger partial charge >= 0.3 is 12.1 Å². The number of carbonyl (C=O) groups is 2. The molecule has 1 aromatic carbocycles. The molecule has 1 heterocycles. The van der Waals surface area contributed by atoms with Gasteiger partial charge in [0.1, 0.15) is 4.88 Å². The lowest BCUT2D eigenvalue weighted by Crippen LogP contribution is -2.26. The Morgan fingerprint density at radius 2 is 1.88 bits per heavy atom. The number of hydrogen-bond acceptors (Lipinski definition) is 5. The quantitative estimate of drug-likeness (QED) is 0.430. The predicted octanol–water partition coefficient (Wildman–Crippen LogP) is 4.26. The molecule has 2 aromatic rings. The van der Waals surface area contributed by atoms with Gasteiger partial charge in [0.15, 0.2) is 0 Å². The molecule has 1 N–H and O–H groups in total. The Labute approximate surface area is 149 Å². The maximum absolute atomic E-state index is 11.5. The van der Waals surface area contributed by atoms with E-state index >= 15 is 0 Å². The van der Waals surface area contributed by atoms with Crippen LogP contribution in [0.2, 0.25) is 5.02 Å². The van der Waals surface area contributed by atoms with Gasteiger partial charge in [0.25, 0.3) is 0 Å². The summed E-state index contributed by atoms with van der Waals surface area (Å²) in [6.45, 7) is 0.110. The molecule has 0 bridgehead atoms. The van der Waals surface area contributed by atoms with Crippen molar-refractivity contribution < 1.29 is 19.1 Å². The summed E-state index contributed by atoms with van der Waals surface area (Å²) >= 11 is 7.10.